The van der Waals surface area contributed by atoms with Crippen molar-refractivity contribution in [2.24, 2.45) is 0 Å². The highest BCUT2D eigenvalue weighted by atomic mass is 16.5. The zero-order valence-electron chi connectivity index (χ0n) is 12.1. The van der Waals surface area contributed by atoms with Gasteiger partial charge < -0.3 is 14.4 Å². The first-order valence-electron chi connectivity index (χ1n) is 7.73. The highest BCUT2D eigenvalue weighted by Crippen LogP contribution is 2.23. The number of carboxylic acid groups (broad SMARTS) is 1. The third kappa shape index (κ3) is 3.02. The Morgan fingerprint density at radius 2 is 2.14 bits per heavy atom. The fourth-order valence-electron chi connectivity index (χ4n) is 3.42. The van der Waals surface area contributed by atoms with Crippen LogP contribution in [0.4, 0.5) is 0 Å². The Balaban J connectivity index is 2.01. The van der Waals surface area contributed by atoms with E-state index in [1.807, 2.05) is 6.07 Å². The minimum Gasteiger partial charge on any atom is -0.481 e. The van der Waals surface area contributed by atoms with Crippen LogP contribution in [0.25, 0.3) is 0 Å². The van der Waals surface area contributed by atoms with Gasteiger partial charge in [0.05, 0.1) is 19.1 Å². The Hall–Kier alpha value is -1.62. The third-order valence-corrected chi connectivity index (χ3v) is 4.43. The third-order valence-electron chi connectivity index (χ3n) is 4.43. The lowest BCUT2D eigenvalue weighted by Crippen LogP contribution is -2.34. The number of aromatic nitrogens is 1. The topological polar surface area (TPSA) is 68.5 Å². The van der Waals surface area contributed by atoms with E-state index in [0.717, 1.165) is 56.4 Å². The SMILES string of the molecule is O=C(O)Cc1cc2c(n(CC3CCCO3)c1=O)CCCC2. The minimum atomic E-state index is -0.952. The molecule has 114 valence electrons. The molecule has 1 N–H and O–H groups in total. The molecular weight excluding hydrogens is 270 g/mol. The van der Waals surface area contributed by atoms with E-state index in [2.05, 4.69) is 0 Å². The van der Waals surface area contributed by atoms with Gasteiger partial charge in [0.2, 0.25) is 0 Å². The number of nitrogens with zero attached hydrogens (tertiary/aromatic N) is 1. The molecule has 5 heteroatoms. The number of pyridine rings is 1. The monoisotopic (exact) mass is 291 g/mol. The van der Waals surface area contributed by atoms with Gasteiger partial charge in [-0.1, -0.05) is 0 Å². The maximum Gasteiger partial charge on any atom is 0.308 e. The smallest absolute Gasteiger partial charge is 0.308 e. The van der Waals surface area contributed by atoms with Crippen LogP contribution in [0.1, 0.15) is 42.5 Å². The highest BCUT2D eigenvalue weighted by Gasteiger charge is 2.23. The molecule has 2 aliphatic rings. The molecular formula is C16H21NO4. The first-order valence-corrected chi connectivity index (χ1v) is 7.73. The van der Waals surface area contributed by atoms with Crippen molar-refractivity contribution in [3.8, 4) is 0 Å². The van der Waals surface area contributed by atoms with Gasteiger partial charge in [-0.15, -0.1) is 0 Å². The van der Waals surface area contributed by atoms with Crippen molar-refractivity contribution in [1.82, 2.24) is 4.57 Å². The number of rotatable bonds is 4. The summed E-state index contributed by atoms with van der Waals surface area (Å²) >= 11 is 0. The lowest BCUT2D eigenvalue weighted by atomic mass is 9.93. The molecule has 0 bridgehead atoms. The predicted molar refractivity (Wildman–Crippen MR) is 77.7 cm³/mol. The van der Waals surface area contributed by atoms with E-state index >= 15 is 0 Å². The fraction of sp³-hybridized carbons (Fsp3) is 0.625. The molecule has 1 aromatic heterocycles. The predicted octanol–water partition coefficient (Wildman–Crippen LogP) is 1.53. The summed E-state index contributed by atoms with van der Waals surface area (Å²) in [6, 6.07) is 1.82. The van der Waals surface area contributed by atoms with Gasteiger partial charge in [-0.2, -0.15) is 0 Å². The molecule has 0 spiro atoms. The van der Waals surface area contributed by atoms with Crippen LogP contribution < -0.4 is 5.56 Å². The van der Waals surface area contributed by atoms with Crippen LogP contribution in [-0.4, -0.2) is 28.4 Å². The summed E-state index contributed by atoms with van der Waals surface area (Å²) in [5.41, 5.74) is 2.50. The molecule has 0 amide bonds. The van der Waals surface area contributed by atoms with E-state index in [9.17, 15) is 9.59 Å². The molecule has 1 unspecified atom stereocenters. The van der Waals surface area contributed by atoms with Gasteiger partial charge in [0.25, 0.3) is 5.56 Å². The van der Waals surface area contributed by atoms with Crippen molar-refractivity contribution >= 4 is 5.97 Å². The van der Waals surface area contributed by atoms with Crippen LogP contribution in [0.2, 0.25) is 0 Å². The van der Waals surface area contributed by atoms with Crippen LogP contribution in [0.15, 0.2) is 10.9 Å². The molecule has 1 atom stereocenters. The second-order valence-electron chi connectivity index (χ2n) is 5.97. The lowest BCUT2D eigenvalue weighted by Gasteiger charge is -2.24. The molecule has 5 nitrogen and oxygen atoms in total. The number of aryl methyl sites for hydroxylation is 1. The summed E-state index contributed by atoms with van der Waals surface area (Å²) in [6.07, 6.45) is 5.96. The number of aliphatic carboxylic acids is 1. The molecule has 0 saturated carbocycles. The van der Waals surface area contributed by atoms with E-state index in [1.165, 1.54) is 0 Å². The van der Waals surface area contributed by atoms with Crippen molar-refractivity contribution in [3.63, 3.8) is 0 Å². The van der Waals surface area contributed by atoms with Gasteiger partial charge in [-0.05, 0) is 50.2 Å². The Labute approximate surface area is 123 Å². The molecule has 1 saturated heterocycles. The average Bonchev–Trinajstić information content (AvgIpc) is 2.96. The van der Waals surface area contributed by atoms with Gasteiger partial charge in [-0.3, -0.25) is 9.59 Å². The van der Waals surface area contributed by atoms with Gasteiger partial charge >= 0.3 is 5.97 Å². The molecule has 0 radical (unpaired) electrons. The van der Waals surface area contributed by atoms with E-state index in [-0.39, 0.29) is 18.1 Å². The van der Waals surface area contributed by atoms with Crippen LogP contribution in [0.5, 0.6) is 0 Å². The first kappa shape index (κ1) is 14.3. The number of hydrogen-bond donors (Lipinski definition) is 1. The molecule has 21 heavy (non-hydrogen) atoms. The average molecular weight is 291 g/mol. The number of carboxylic acids is 1. The number of ether oxygens (including phenoxy) is 1. The van der Waals surface area contributed by atoms with Crippen molar-refractivity contribution in [2.75, 3.05) is 6.61 Å². The molecule has 0 aromatic carbocycles. The summed E-state index contributed by atoms with van der Waals surface area (Å²) in [4.78, 5) is 23.6. The maximum atomic E-state index is 12.6. The van der Waals surface area contributed by atoms with Crippen molar-refractivity contribution < 1.29 is 14.6 Å². The Bertz CT molecular complexity index is 599. The van der Waals surface area contributed by atoms with Crippen LogP contribution >= 0.6 is 0 Å². The standard InChI is InChI=1S/C16H21NO4/c18-15(19)9-12-8-11-4-1-2-6-14(11)17(16(12)20)10-13-5-3-7-21-13/h8,13H,1-7,9-10H2,(H,18,19). The van der Waals surface area contributed by atoms with Gasteiger partial charge in [0.15, 0.2) is 0 Å². The molecule has 2 heterocycles. The van der Waals surface area contributed by atoms with Crippen molar-refractivity contribution in [1.29, 1.82) is 0 Å². The van der Waals surface area contributed by atoms with Crippen LogP contribution in [0.3, 0.4) is 0 Å². The number of fused-ring (bicyclic) bond motifs is 1. The van der Waals surface area contributed by atoms with Crippen molar-refractivity contribution in [3.05, 3.63) is 33.2 Å². The summed E-state index contributed by atoms with van der Waals surface area (Å²) in [5, 5.41) is 9.00. The molecule has 1 aliphatic carbocycles. The molecule has 3 rings (SSSR count). The fourth-order valence-corrected chi connectivity index (χ4v) is 3.42. The Kier molecular flexibility index (Phi) is 4.10. The summed E-state index contributed by atoms with van der Waals surface area (Å²) in [5.74, 6) is -0.952. The molecule has 1 aromatic rings. The zero-order valence-corrected chi connectivity index (χ0v) is 12.1. The summed E-state index contributed by atoms with van der Waals surface area (Å²) in [7, 11) is 0. The zero-order chi connectivity index (χ0) is 14.8. The Morgan fingerprint density at radius 1 is 1.33 bits per heavy atom. The second kappa shape index (κ2) is 6.02. The first-order chi connectivity index (χ1) is 10.1. The molecule has 1 aliphatic heterocycles. The molecule has 1 fully saturated rings. The maximum absolute atomic E-state index is 12.6. The van der Waals surface area contributed by atoms with E-state index in [4.69, 9.17) is 9.84 Å². The quantitative estimate of drug-likeness (QED) is 0.913. The van der Waals surface area contributed by atoms with Crippen LogP contribution in [0, 0.1) is 0 Å². The minimum absolute atomic E-state index is 0.0915. The number of hydrogen-bond acceptors (Lipinski definition) is 3. The second-order valence-corrected chi connectivity index (χ2v) is 5.97. The largest absolute Gasteiger partial charge is 0.481 e. The van der Waals surface area contributed by atoms with E-state index in [0.29, 0.717) is 12.1 Å². The highest BCUT2D eigenvalue weighted by molar-refractivity contribution is 5.70. The summed E-state index contributed by atoms with van der Waals surface area (Å²) < 4.78 is 7.44. The normalized spacial score (nSPS) is 21.2. The summed E-state index contributed by atoms with van der Waals surface area (Å²) in [6.45, 7) is 1.32. The van der Waals surface area contributed by atoms with Crippen molar-refractivity contribution in [2.45, 2.75) is 57.6 Å². The van der Waals surface area contributed by atoms with Gasteiger partial charge in [0.1, 0.15) is 0 Å². The van der Waals surface area contributed by atoms with Crippen LogP contribution in [-0.2, 0) is 35.3 Å². The van der Waals surface area contributed by atoms with Gasteiger partial charge in [-0.25, -0.2) is 0 Å². The Morgan fingerprint density at radius 3 is 2.86 bits per heavy atom. The van der Waals surface area contributed by atoms with E-state index in [1.54, 1.807) is 4.57 Å². The lowest BCUT2D eigenvalue weighted by molar-refractivity contribution is -0.136. The van der Waals surface area contributed by atoms with E-state index < -0.39 is 5.97 Å². The number of carbonyl (C=O) groups is 1. The van der Waals surface area contributed by atoms with Gasteiger partial charge in [0, 0.05) is 17.9 Å².